The minimum absolute atomic E-state index is 0.0807. The lowest BCUT2D eigenvalue weighted by molar-refractivity contribution is 0.103. The summed E-state index contributed by atoms with van der Waals surface area (Å²) in [5.41, 5.74) is 0.736. The van der Waals surface area contributed by atoms with Crippen LogP contribution in [0.2, 0.25) is 0 Å². The van der Waals surface area contributed by atoms with Gasteiger partial charge in [-0.2, -0.15) is 0 Å². The van der Waals surface area contributed by atoms with Gasteiger partial charge in [0.1, 0.15) is 17.2 Å². The number of aromatic hydroxyl groups is 1. The van der Waals surface area contributed by atoms with Crippen LogP contribution in [0, 0.1) is 0 Å². The Morgan fingerprint density at radius 2 is 1.67 bits per heavy atom. The van der Waals surface area contributed by atoms with E-state index in [2.05, 4.69) is 0 Å². The maximum absolute atomic E-state index is 12.4. The Labute approximate surface area is 123 Å². The molecule has 2 rings (SSSR count). The van der Waals surface area contributed by atoms with Crippen molar-refractivity contribution in [3.05, 3.63) is 53.6 Å². The molecule has 0 atom stereocenters. The Kier molecular flexibility index (Phi) is 4.48. The molecule has 2 aromatic carbocycles. The zero-order valence-corrected chi connectivity index (χ0v) is 12.3. The van der Waals surface area contributed by atoms with Gasteiger partial charge in [-0.05, 0) is 50.2 Å². The van der Waals surface area contributed by atoms with Crippen molar-refractivity contribution in [1.29, 1.82) is 0 Å². The van der Waals surface area contributed by atoms with Gasteiger partial charge in [0.05, 0.1) is 18.8 Å². The standard InChI is InChI=1S/C17H18O4/c1-11(2)21-13-6-4-12(5-7-13)17(19)15-9-8-14(20-3)10-16(15)18/h4-11,18H,1-3H3. The summed E-state index contributed by atoms with van der Waals surface area (Å²) in [7, 11) is 1.50. The number of hydrogen-bond donors (Lipinski definition) is 1. The molecule has 0 amide bonds. The Balaban J connectivity index is 2.23. The third-order valence-electron chi connectivity index (χ3n) is 2.94. The second kappa shape index (κ2) is 6.31. The molecule has 0 aliphatic rings. The van der Waals surface area contributed by atoms with Gasteiger partial charge in [-0.25, -0.2) is 0 Å². The highest BCUT2D eigenvalue weighted by molar-refractivity contribution is 6.10. The first kappa shape index (κ1) is 14.9. The molecule has 21 heavy (non-hydrogen) atoms. The van der Waals surface area contributed by atoms with Crippen molar-refractivity contribution in [3.63, 3.8) is 0 Å². The van der Waals surface area contributed by atoms with Gasteiger partial charge >= 0.3 is 0 Å². The van der Waals surface area contributed by atoms with Crippen molar-refractivity contribution < 1.29 is 19.4 Å². The first-order chi connectivity index (χ1) is 10.0. The molecule has 4 heteroatoms. The Morgan fingerprint density at radius 3 is 2.19 bits per heavy atom. The van der Waals surface area contributed by atoms with Crippen molar-refractivity contribution in [3.8, 4) is 17.2 Å². The summed E-state index contributed by atoms with van der Waals surface area (Å²) < 4.78 is 10.5. The van der Waals surface area contributed by atoms with Gasteiger partial charge in [0, 0.05) is 11.6 Å². The first-order valence-corrected chi connectivity index (χ1v) is 6.69. The Morgan fingerprint density at radius 1 is 1.05 bits per heavy atom. The maximum atomic E-state index is 12.4. The van der Waals surface area contributed by atoms with E-state index in [0.29, 0.717) is 17.1 Å². The number of methoxy groups -OCH3 is 1. The monoisotopic (exact) mass is 286 g/mol. The number of ether oxygens (including phenoxy) is 2. The lowest BCUT2D eigenvalue weighted by Crippen LogP contribution is -2.06. The van der Waals surface area contributed by atoms with Crippen LogP contribution in [0.15, 0.2) is 42.5 Å². The fraction of sp³-hybridized carbons (Fsp3) is 0.235. The highest BCUT2D eigenvalue weighted by Gasteiger charge is 2.14. The van der Waals surface area contributed by atoms with E-state index in [-0.39, 0.29) is 23.2 Å². The fourth-order valence-electron chi connectivity index (χ4n) is 1.94. The first-order valence-electron chi connectivity index (χ1n) is 6.69. The van der Waals surface area contributed by atoms with E-state index in [9.17, 15) is 9.90 Å². The number of benzene rings is 2. The topological polar surface area (TPSA) is 55.8 Å². The average molecular weight is 286 g/mol. The van der Waals surface area contributed by atoms with Crippen molar-refractivity contribution in [2.24, 2.45) is 0 Å². The van der Waals surface area contributed by atoms with Crippen LogP contribution >= 0.6 is 0 Å². The van der Waals surface area contributed by atoms with E-state index < -0.39 is 0 Å². The third kappa shape index (κ3) is 3.54. The highest BCUT2D eigenvalue weighted by atomic mass is 16.5. The lowest BCUT2D eigenvalue weighted by atomic mass is 10.0. The van der Waals surface area contributed by atoms with Crippen molar-refractivity contribution in [1.82, 2.24) is 0 Å². The van der Waals surface area contributed by atoms with E-state index >= 15 is 0 Å². The number of phenols is 1. The predicted molar refractivity (Wildman–Crippen MR) is 80.3 cm³/mol. The van der Waals surface area contributed by atoms with Crippen molar-refractivity contribution in [2.45, 2.75) is 20.0 Å². The van der Waals surface area contributed by atoms with E-state index in [1.807, 2.05) is 13.8 Å². The molecule has 0 aromatic heterocycles. The second-order valence-electron chi connectivity index (χ2n) is 4.90. The van der Waals surface area contributed by atoms with Crippen LogP contribution < -0.4 is 9.47 Å². The van der Waals surface area contributed by atoms with Crippen LogP contribution in [0.4, 0.5) is 0 Å². The number of carbonyl (C=O) groups excluding carboxylic acids is 1. The second-order valence-corrected chi connectivity index (χ2v) is 4.90. The number of hydrogen-bond acceptors (Lipinski definition) is 4. The smallest absolute Gasteiger partial charge is 0.196 e. The molecule has 0 aliphatic carbocycles. The van der Waals surface area contributed by atoms with Crippen LogP contribution in [-0.4, -0.2) is 24.1 Å². The molecule has 4 nitrogen and oxygen atoms in total. The molecule has 0 unspecified atom stereocenters. The van der Waals surface area contributed by atoms with Gasteiger partial charge in [0.25, 0.3) is 0 Å². The number of rotatable bonds is 5. The van der Waals surface area contributed by atoms with Crippen molar-refractivity contribution in [2.75, 3.05) is 7.11 Å². The summed E-state index contributed by atoms with van der Waals surface area (Å²) in [5, 5.41) is 9.90. The molecule has 0 aliphatic heterocycles. The molecule has 110 valence electrons. The molecule has 0 spiro atoms. The molecular weight excluding hydrogens is 268 g/mol. The summed E-state index contributed by atoms with van der Waals surface area (Å²) in [6, 6.07) is 11.5. The Hall–Kier alpha value is -2.49. The lowest BCUT2D eigenvalue weighted by Gasteiger charge is -2.10. The van der Waals surface area contributed by atoms with Gasteiger partial charge in [-0.15, -0.1) is 0 Å². The fourth-order valence-corrected chi connectivity index (χ4v) is 1.94. The maximum Gasteiger partial charge on any atom is 0.196 e. The average Bonchev–Trinajstić information content (AvgIpc) is 2.46. The zero-order valence-electron chi connectivity index (χ0n) is 12.3. The summed E-state index contributed by atoms with van der Waals surface area (Å²) in [6.45, 7) is 3.88. The molecule has 0 bridgehead atoms. The normalized spacial score (nSPS) is 10.5. The van der Waals surface area contributed by atoms with Gasteiger partial charge in [0.15, 0.2) is 5.78 Å². The van der Waals surface area contributed by atoms with Gasteiger partial charge in [-0.3, -0.25) is 4.79 Å². The molecular formula is C17H18O4. The number of carbonyl (C=O) groups is 1. The molecule has 0 saturated carbocycles. The van der Waals surface area contributed by atoms with E-state index in [0.717, 1.165) is 0 Å². The van der Waals surface area contributed by atoms with Crippen LogP contribution in [0.25, 0.3) is 0 Å². The minimum atomic E-state index is -0.244. The summed E-state index contributed by atoms with van der Waals surface area (Å²) in [5.74, 6) is 0.873. The number of ketones is 1. The minimum Gasteiger partial charge on any atom is -0.507 e. The number of phenolic OH excluding ortho intramolecular Hbond substituents is 1. The third-order valence-corrected chi connectivity index (χ3v) is 2.94. The zero-order chi connectivity index (χ0) is 15.4. The van der Waals surface area contributed by atoms with Gasteiger partial charge in [0.2, 0.25) is 0 Å². The molecule has 2 aromatic rings. The van der Waals surface area contributed by atoms with E-state index in [4.69, 9.17) is 9.47 Å². The van der Waals surface area contributed by atoms with Gasteiger partial charge < -0.3 is 14.6 Å². The SMILES string of the molecule is COc1ccc(C(=O)c2ccc(OC(C)C)cc2)c(O)c1. The quantitative estimate of drug-likeness (QED) is 0.856. The summed E-state index contributed by atoms with van der Waals surface area (Å²) >= 11 is 0. The van der Waals surface area contributed by atoms with Crippen LogP contribution in [0.1, 0.15) is 29.8 Å². The molecule has 0 heterocycles. The van der Waals surface area contributed by atoms with Crippen LogP contribution in [-0.2, 0) is 0 Å². The Bertz CT molecular complexity index is 630. The predicted octanol–water partition coefficient (Wildman–Crippen LogP) is 3.42. The molecule has 0 saturated heterocycles. The highest BCUT2D eigenvalue weighted by Crippen LogP contribution is 2.26. The van der Waals surface area contributed by atoms with E-state index in [1.165, 1.54) is 13.2 Å². The molecule has 0 radical (unpaired) electrons. The van der Waals surface area contributed by atoms with Crippen molar-refractivity contribution >= 4 is 5.78 Å². The van der Waals surface area contributed by atoms with Gasteiger partial charge in [-0.1, -0.05) is 0 Å². The summed E-state index contributed by atoms with van der Waals surface area (Å²) in [6.07, 6.45) is 0.0807. The molecule has 0 fully saturated rings. The largest absolute Gasteiger partial charge is 0.507 e. The van der Waals surface area contributed by atoms with Crippen LogP contribution in [0.3, 0.4) is 0 Å². The molecule has 1 N–H and O–H groups in total. The van der Waals surface area contributed by atoms with Crippen LogP contribution in [0.5, 0.6) is 17.2 Å². The van der Waals surface area contributed by atoms with E-state index in [1.54, 1.807) is 36.4 Å². The summed E-state index contributed by atoms with van der Waals surface area (Å²) in [4.78, 5) is 12.4.